The second-order valence-electron chi connectivity index (χ2n) is 7.61. The Morgan fingerprint density at radius 2 is 1.75 bits per heavy atom. The summed E-state index contributed by atoms with van der Waals surface area (Å²) in [6.07, 6.45) is 3.02. The predicted molar refractivity (Wildman–Crippen MR) is 121 cm³/mol. The first-order valence-electron chi connectivity index (χ1n) is 10.1. The highest BCUT2D eigenvalue weighted by Crippen LogP contribution is 2.27. The van der Waals surface area contributed by atoms with Crippen LogP contribution in [-0.2, 0) is 4.74 Å². The lowest BCUT2D eigenvalue weighted by molar-refractivity contribution is 0.0600. The molecule has 9 heteroatoms. The van der Waals surface area contributed by atoms with E-state index in [4.69, 9.17) is 4.74 Å². The zero-order chi connectivity index (χ0) is 23.0. The van der Waals surface area contributed by atoms with Crippen molar-refractivity contribution in [1.82, 2.24) is 19.3 Å². The highest BCUT2D eigenvalue weighted by atomic mass is 16.5. The number of ether oxygens (including phenoxy) is 1. The van der Waals surface area contributed by atoms with Crippen molar-refractivity contribution in [3.8, 4) is 0 Å². The highest BCUT2D eigenvalue weighted by Gasteiger charge is 2.19. The van der Waals surface area contributed by atoms with E-state index in [1.165, 1.54) is 13.4 Å². The highest BCUT2D eigenvalue weighted by molar-refractivity contribution is 6.01. The molecule has 3 aromatic heterocycles. The second kappa shape index (κ2) is 8.18. The van der Waals surface area contributed by atoms with Crippen LogP contribution in [0.4, 0.5) is 11.5 Å². The monoisotopic (exact) mass is 432 g/mol. The minimum Gasteiger partial charge on any atom is -0.465 e. The summed E-state index contributed by atoms with van der Waals surface area (Å²) in [4.78, 5) is 29.3. The quantitative estimate of drug-likeness (QED) is 0.467. The largest absolute Gasteiger partial charge is 0.465 e. The van der Waals surface area contributed by atoms with Crippen molar-refractivity contribution in [3.63, 3.8) is 0 Å². The topological polar surface area (TPSA) is 103 Å². The van der Waals surface area contributed by atoms with E-state index in [9.17, 15) is 9.59 Å². The molecule has 0 atom stereocenters. The molecule has 0 aliphatic carbocycles. The molecule has 9 nitrogen and oxygen atoms in total. The van der Waals surface area contributed by atoms with Crippen LogP contribution in [0.15, 0.2) is 42.9 Å². The zero-order valence-corrected chi connectivity index (χ0v) is 18.6. The summed E-state index contributed by atoms with van der Waals surface area (Å²) >= 11 is 0. The van der Waals surface area contributed by atoms with Gasteiger partial charge in [0, 0.05) is 28.8 Å². The number of hydrogen-bond donors (Lipinski definition) is 2. The standard InChI is InChI=1S/C23H24N6O3/c1-13-6-9-17(22(30)27-29-14(2)7-8-15(29)3)10-19(13)26-21-20-16(4)18(23(31)32-5)11-28(20)25-12-24-21/h6-12H,1-5H3,(H,27,30)(H,24,25,26). The van der Waals surface area contributed by atoms with Crippen LogP contribution in [-0.4, -0.2) is 38.3 Å². The fourth-order valence-corrected chi connectivity index (χ4v) is 3.60. The molecule has 0 bridgehead atoms. The van der Waals surface area contributed by atoms with Crippen molar-refractivity contribution >= 4 is 28.9 Å². The van der Waals surface area contributed by atoms with Crippen molar-refractivity contribution in [2.24, 2.45) is 0 Å². The lowest BCUT2D eigenvalue weighted by atomic mass is 10.1. The Bertz CT molecular complexity index is 1330. The molecule has 32 heavy (non-hydrogen) atoms. The minimum atomic E-state index is -0.440. The van der Waals surface area contributed by atoms with Crippen molar-refractivity contribution in [3.05, 3.63) is 76.5 Å². The number of nitrogens with zero attached hydrogens (tertiary/aromatic N) is 4. The van der Waals surface area contributed by atoms with Gasteiger partial charge in [-0.3, -0.25) is 14.9 Å². The smallest absolute Gasteiger partial charge is 0.339 e. The minimum absolute atomic E-state index is 0.227. The third-order valence-corrected chi connectivity index (χ3v) is 5.47. The molecule has 0 aliphatic rings. The molecule has 2 N–H and O–H groups in total. The van der Waals surface area contributed by atoms with Crippen LogP contribution >= 0.6 is 0 Å². The predicted octanol–water partition coefficient (Wildman–Crippen LogP) is 3.68. The lowest BCUT2D eigenvalue weighted by Gasteiger charge is -2.14. The Labute approximate surface area is 185 Å². The average molecular weight is 432 g/mol. The lowest BCUT2D eigenvalue weighted by Crippen LogP contribution is -2.24. The molecule has 0 saturated carbocycles. The SMILES string of the molecule is COC(=O)c1cn2ncnc(Nc3cc(C(=O)Nn4c(C)ccc4C)ccc3C)c2c1C. The first-order valence-corrected chi connectivity index (χ1v) is 10.1. The van der Waals surface area contributed by atoms with Gasteiger partial charge in [0.15, 0.2) is 5.82 Å². The Kier molecular flexibility index (Phi) is 5.40. The van der Waals surface area contributed by atoms with Gasteiger partial charge < -0.3 is 10.1 Å². The summed E-state index contributed by atoms with van der Waals surface area (Å²) in [6, 6.07) is 9.31. The van der Waals surface area contributed by atoms with E-state index in [1.54, 1.807) is 27.5 Å². The first kappa shape index (κ1) is 21.1. The van der Waals surface area contributed by atoms with Gasteiger partial charge in [-0.2, -0.15) is 5.10 Å². The average Bonchev–Trinajstić information content (AvgIpc) is 3.29. The number of methoxy groups -OCH3 is 1. The van der Waals surface area contributed by atoms with Gasteiger partial charge in [0.25, 0.3) is 5.91 Å². The van der Waals surface area contributed by atoms with Gasteiger partial charge in [0.05, 0.1) is 12.7 Å². The molecule has 3 heterocycles. The van der Waals surface area contributed by atoms with E-state index >= 15 is 0 Å². The van der Waals surface area contributed by atoms with E-state index in [1.807, 2.05) is 45.9 Å². The number of aromatic nitrogens is 4. The number of carbonyl (C=O) groups excluding carboxylic acids is 2. The summed E-state index contributed by atoms with van der Waals surface area (Å²) in [6.45, 7) is 7.61. The Hall–Kier alpha value is -4.14. The van der Waals surface area contributed by atoms with Crippen LogP contribution in [0.3, 0.4) is 0 Å². The molecule has 1 amide bonds. The molecule has 0 fully saturated rings. The molecule has 4 aromatic rings. The Morgan fingerprint density at radius 3 is 2.44 bits per heavy atom. The van der Waals surface area contributed by atoms with Crippen molar-refractivity contribution in [2.75, 3.05) is 17.9 Å². The number of aryl methyl sites for hydroxylation is 4. The number of nitrogens with one attached hydrogen (secondary N) is 2. The van der Waals surface area contributed by atoms with Crippen molar-refractivity contribution in [2.45, 2.75) is 27.7 Å². The summed E-state index contributed by atoms with van der Waals surface area (Å²) in [5.41, 5.74) is 8.72. The molecule has 0 unspecified atom stereocenters. The number of amides is 1. The van der Waals surface area contributed by atoms with Crippen molar-refractivity contribution < 1.29 is 14.3 Å². The van der Waals surface area contributed by atoms with Gasteiger partial charge >= 0.3 is 5.97 Å². The Balaban J connectivity index is 1.68. The number of rotatable bonds is 5. The normalized spacial score (nSPS) is 10.9. The van der Waals surface area contributed by atoms with Crippen LogP contribution < -0.4 is 10.7 Å². The number of esters is 1. The molecule has 1 aromatic carbocycles. The van der Waals surface area contributed by atoms with E-state index in [0.717, 1.165) is 22.6 Å². The van der Waals surface area contributed by atoms with Crippen molar-refractivity contribution in [1.29, 1.82) is 0 Å². The first-order chi connectivity index (χ1) is 15.3. The third-order valence-electron chi connectivity index (χ3n) is 5.47. The molecule has 164 valence electrons. The van der Waals surface area contributed by atoms with Gasteiger partial charge in [-0.15, -0.1) is 0 Å². The molecule has 4 rings (SSSR count). The maximum atomic E-state index is 12.9. The summed E-state index contributed by atoms with van der Waals surface area (Å²) in [7, 11) is 1.34. The Morgan fingerprint density at radius 1 is 1.03 bits per heavy atom. The maximum absolute atomic E-state index is 12.9. The second-order valence-corrected chi connectivity index (χ2v) is 7.61. The molecule has 0 radical (unpaired) electrons. The fraction of sp³-hybridized carbons (Fsp3) is 0.217. The maximum Gasteiger partial charge on any atom is 0.339 e. The third kappa shape index (κ3) is 3.68. The van der Waals surface area contributed by atoms with Gasteiger partial charge in [-0.05, 0) is 63.1 Å². The van der Waals surface area contributed by atoms with Gasteiger partial charge in [0.1, 0.15) is 11.8 Å². The summed E-state index contributed by atoms with van der Waals surface area (Å²) < 4.78 is 8.19. The van der Waals surface area contributed by atoms with Crippen LogP contribution in [0.2, 0.25) is 0 Å². The fourth-order valence-electron chi connectivity index (χ4n) is 3.60. The number of anilines is 2. The summed E-state index contributed by atoms with van der Waals surface area (Å²) in [5.74, 6) is -0.148. The number of hydrogen-bond acceptors (Lipinski definition) is 6. The van der Waals surface area contributed by atoms with E-state index in [-0.39, 0.29) is 5.91 Å². The molecular formula is C23H24N6O3. The van der Waals surface area contributed by atoms with E-state index < -0.39 is 5.97 Å². The van der Waals surface area contributed by atoms with E-state index in [2.05, 4.69) is 20.8 Å². The zero-order valence-electron chi connectivity index (χ0n) is 18.6. The number of benzene rings is 1. The summed E-state index contributed by atoms with van der Waals surface area (Å²) in [5, 5.41) is 7.49. The van der Waals surface area contributed by atoms with Gasteiger partial charge in [-0.25, -0.2) is 14.3 Å². The molecule has 0 saturated heterocycles. The van der Waals surface area contributed by atoms with Crippen LogP contribution in [0.1, 0.15) is 43.2 Å². The number of fused-ring (bicyclic) bond motifs is 1. The molecule has 0 aliphatic heterocycles. The molecule has 0 spiro atoms. The van der Waals surface area contributed by atoms with Gasteiger partial charge in [0.2, 0.25) is 0 Å². The van der Waals surface area contributed by atoms with E-state index in [0.29, 0.717) is 28.0 Å². The number of carbonyl (C=O) groups is 2. The van der Waals surface area contributed by atoms with Gasteiger partial charge in [-0.1, -0.05) is 6.07 Å². The van der Waals surface area contributed by atoms with Crippen LogP contribution in [0.25, 0.3) is 5.52 Å². The van der Waals surface area contributed by atoms with Crippen LogP contribution in [0, 0.1) is 27.7 Å². The van der Waals surface area contributed by atoms with Crippen LogP contribution in [0.5, 0.6) is 0 Å². The molecular weight excluding hydrogens is 408 g/mol.